The molecule has 1 saturated carbocycles. The number of nitrogens with zero attached hydrogens (tertiary/aromatic N) is 2. The monoisotopic (exact) mass is 338 g/mol. The van der Waals surface area contributed by atoms with Gasteiger partial charge in [0.05, 0.1) is 26.1 Å². The van der Waals surface area contributed by atoms with E-state index < -0.39 is 0 Å². The van der Waals surface area contributed by atoms with Gasteiger partial charge in [0.25, 0.3) is 5.91 Å². The van der Waals surface area contributed by atoms with Gasteiger partial charge >= 0.3 is 0 Å². The molecule has 0 atom stereocenters. The van der Waals surface area contributed by atoms with Crippen LogP contribution in [0.25, 0.3) is 17.3 Å². The topological polar surface area (TPSA) is 100 Å². The fourth-order valence-corrected chi connectivity index (χ4v) is 2.42. The summed E-state index contributed by atoms with van der Waals surface area (Å²) in [5.74, 6) is 0.838. The van der Waals surface area contributed by atoms with E-state index in [0.717, 1.165) is 18.4 Å². The lowest BCUT2D eigenvalue weighted by molar-refractivity contribution is -0.117. The Balaban J connectivity index is 1.93. The molecule has 1 heterocycles. The van der Waals surface area contributed by atoms with Crippen LogP contribution < -0.4 is 14.8 Å². The van der Waals surface area contributed by atoms with Gasteiger partial charge in [-0.2, -0.15) is 10.4 Å². The first-order chi connectivity index (χ1) is 12.2. The Morgan fingerprint density at radius 1 is 1.36 bits per heavy atom. The molecule has 1 aliphatic rings. The number of methoxy groups -OCH3 is 2. The molecule has 3 rings (SSSR count). The lowest BCUT2D eigenvalue weighted by Crippen LogP contribution is -2.26. The van der Waals surface area contributed by atoms with Crippen molar-refractivity contribution in [3.8, 4) is 28.8 Å². The molecule has 0 radical (unpaired) electrons. The third kappa shape index (κ3) is 3.63. The number of carbonyl (C=O) groups excluding carboxylic acids is 1. The Morgan fingerprint density at radius 3 is 2.76 bits per heavy atom. The van der Waals surface area contributed by atoms with Crippen molar-refractivity contribution >= 4 is 12.0 Å². The van der Waals surface area contributed by atoms with Gasteiger partial charge in [-0.1, -0.05) is 0 Å². The summed E-state index contributed by atoms with van der Waals surface area (Å²) in [6.45, 7) is 0. The normalized spacial score (nSPS) is 13.9. The van der Waals surface area contributed by atoms with E-state index in [1.54, 1.807) is 32.5 Å². The molecule has 0 bridgehead atoms. The second-order valence-corrected chi connectivity index (χ2v) is 5.69. The maximum absolute atomic E-state index is 12.1. The van der Waals surface area contributed by atoms with E-state index in [9.17, 15) is 10.1 Å². The van der Waals surface area contributed by atoms with Gasteiger partial charge in [-0.3, -0.25) is 9.89 Å². The van der Waals surface area contributed by atoms with Crippen molar-refractivity contribution in [2.75, 3.05) is 14.2 Å². The predicted octanol–water partition coefficient (Wildman–Crippen LogP) is 2.28. The molecular formula is C18H18N4O3. The Morgan fingerprint density at radius 2 is 2.12 bits per heavy atom. The van der Waals surface area contributed by atoms with Crippen LogP contribution in [0.2, 0.25) is 0 Å². The standard InChI is InChI=1S/C18H18N4O3/c1-24-15-6-3-11(8-16(15)25-2)17-13(10-20-22-17)7-12(9-19)18(23)21-14-4-5-14/h3,6-8,10,14H,4-5H2,1-2H3,(H,20,22)(H,21,23)/b12-7-. The molecule has 0 aliphatic heterocycles. The number of nitrogens with one attached hydrogen (secondary N) is 2. The second kappa shape index (κ2) is 7.09. The minimum absolute atomic E-state index is 0.0510. The summed E-state index contributed by atoms with van der Waals surface area (Å²) < 4.78 is 10.6. The van der Waals surface area contributed by atoms with E-state index in [2.05, 4.69) is 15.5 Å². The Kier molecular flexibility index (Phi) is 4.70. The summed E-state index contributed by atoms with van der Waals surface area (Å²) in [4.78, 5) is 12.1. The van der Waals surface area contributed by atoms with E-state index >= 15 is 0 Å². The first-order valence-corrected chi connectivity index (χ1v) is 7.84. The van der Waals surface area contributed by atoms with Gasteiger partial charge in [0.15, 0.2) is 11.5 Å². The quantitative estimate of drug-likeness (QED) is 0.622. The highest BCUT2D eigenvalue weighted by Crippen LogP contribution is 2.33. The van der Waals surface area contributed by atoms with Crippen molar-refractivity contribution < 1.29 is 14.3 Å². The van der Waals surface area contributed by atoms with Gasteiger partial charge in [0.2, 0.25) is 0 Å². The maximum Gasteiger partial charge on any atom is 0.262 e. The van der Waals surface area contributed by atoms with Gasteiger partial charge in [-0.05, 0) is 37.1 Å². The zero-order valence-electron chi connectivity index (χ0n) is 14.0. The Bertz CT molecular complexity index is 859. The number of hydrogen-bond donors (Lipinski definition) is 2. The SMILES string of the molecule is COc1ccc(-c2[nH]ncc2/C=C(/C#N)C(=O)NC2CC2)cc1OC. The number of hydrogen-bond acceptors (Lipinski definition) is 5. The number of nitriles is 1. The van der Waals surface area contributed by atoms with Gasteiger partial charge in [-0.15, -0.1) is 0 Å². The minimum atomic E-state index is -0.357. The summed E-state index contributed by atoms with van der Waals surface area (Å²) in [7, 11) is 3.13. The number of aromatic amines is 1. The molecule has 1 aromatic carbocycles. The summed E-state index contributed by atoms with van der Waals surface area (Å²) in [6.07, 6.45) is 5.04. The number of ether oxygens (including phenoxy) is 2. The van der Waals surface area contributed by atoms with Crippen LogP contribution in [-0.4, -0.2) is 36.4 Å². The number of aromatic nitrogens is 2. The van der Waals surface area contributed by atoms with Crippen LogP contribution in [-0.2, 0) is 4.79 Å². The van der Waals surface area contributed by atoms with Gasteiger partial charge in [0, 0.05) is 17.2 Å². The predicted molar refractivity (Wildman–Crippen MR) is 91.9 cm³/mol. The largest absolute Gasteiger partial charge is 0.493 e. The van der Waals surface area contributed by atoms with E-state index in [4.69, 9.17) is 9.47 Å². The molecular weight excluding hydrogens is 320 g/mol. The molecule has 0 unspecified atom stereocenters. The average molecular weight is 338 g/mol. The molecule has 2 aromatic rings. The fourth-order valence-electron chi connectivity index (χ4n) is 2.42. The number of carbonyl (C=O) groups is 1. The number of rotatable bonds is 6. The summed E-state index contributed by atoms with van der Waals surface area (Å²) in [5, 5.41) is 19.0. The lowest BCUT2D eigenvalue weighted by Gasteiger charge is -2.09. The van der Waals surface area contributed by atoms with Gasteiger partial charge in [0.1, 0.15) is 11.6 Å². The zero-order chi connectivity index (χ0) is 17.8. The Hall–Kier alpha value is -3.27. The molecule has 1 amide bonds. The van der Waals surface area contributed by atoms with E-state index in [-0.39, 0.29) is 17.5 Å². The number of H-pyrrole nitrogens is 1. The molecule has 1 aromatic heterocycles. The fraction of sp³-hybridized carbons (Fsp3) is 0.278. The molecule has 2 N–H and O–H groups in total. The third-order valence-electron chi connectivity index (χ3n) is 3.92. The molecule has 25 heavy (non-hydrogen) atoms. The zero-order valence-corrected chi connectivity index (χ0v) is 14.0. The van der Waals surface area contributed by atoms with Crippen molar-refractivity contribution in [1.82, 2.24) is 15.5 Å². The summed E-state index contributed by atoms with van der Waals surface area (Å²) in [6, 6.07) is 7.59. The average Bonchev–Trinajstić information content (AvgIpc) is 3.33. The number of benzene rings is 1. The Labute approximate surface area is 145 Å². The van der Waals surface area contributed by atoms with E-state index in [1.807, 2.05) is 12.1 Å². The van der Waals surface area contributed by atoms with Crippen molar-refractivity contribution in [3.63, 3.8) is 0 Å². The lowest BCUT2D eigenvalue weighted by atomic mass is 10.1. The van der Waals surface area contributed by atoms with Crippen LogP contribution in [0.3, 0.4) is 0 Å². The van der Waals surface area contributed by atoms with Crippen molar-refractivity contribution in [3.05, 3.63) is 35.5 Å². The smallest absolute Gasteiger partial charge is 0.262 e. The van der Waals surface area contributed by atoms with Crippen LogP contribution in [0.5, 0.6) is 11.5 Å². The molecule has 128 valence electrons. The molecule has 1 fully saturated rings. The van der Waals surface area contributed by atoms with Crippen LogP contribution in [0, 0.1) is 11.3 Å². The molecule has 0 spiro atoms. The molecule has 7 nitrogen and oxygen atoms in total. The maximum atomic E-state index is 12.1. The van der Waals surface area contributed by atoms with Gasteiger partial charge in [-0.25, -0.2) is 0 Å². The van der Waals surface area contributed by atoms with Gasteiger partial charge < -0.3 is 14.8 Å². The first-order valence-electron chi connectivity index (χ1n) is 7.84. The highest BCUT2D eigenvalue weighted by Gasteiger charge is 2.25. The first kappa shape index (κ1) is 16.6. The van der Waals surface area contributed by atoms with Crippen LogP contribution in [0.1, 0.15) is 18.4 Å². The van der Waals surface area contributed by atoms with Crippen LogP contribution in [0.4, 0.5) is 0 Å². The van der Waals surface area contributed by atoms with Crippen molar-refractivity contribution in [2.24, 2.45) is 0 Å². The van der Waals surface area contributed by atoms with Crippen LogP contribution >= 0.6 is 0 Å². The van der Waals surface area contributed by atoms with Crippen LogP contribution in [0.15, 0.2) is 30.0 Å². The second-order valence-electron chi connectivity index (χ2n) is 5.69. The van der Waals surface area contributed by atoms with Crippen molar-refractivity contribution in [1.29, 1.82) is 5.26 Å². The van der Waals surface area contributed by atoms with Crippen molar-refractivity contribution in [2.45, 2.75) is 18.9 Å². The number of amides is 1. The highest BCUT2D eigenvalue weighted by atomic mass is 16.5. The molecule has 1 aliphatic carbocycles. The van der Waals surface area contributed by atoms with E-state index in [1.165, 1.54) is 6.08 Å². The third-order valence-corrected chi connectivity index (χ3v) is 3.92. The van der Waals surface area contributed by atoms with E-state index in [0.29, 0.717) is 22.8 Å². The molecule has 7 heteroatoms. The molecule has 0 saturated heterocycles. The summed E-state index contributed by atoms with van der Waals surface area (Å²) >= 11 is 0. The summed E-state index contributed by atoms with van der Waals surface area (Å²) in [5.41, 5.74) is 2.19. The minimum Gasteiger partial charge on any atom is -0.493 e. The highest BCUT2D eigenvalue weighted by molar-refractivity contribution is 6.02.